The zero-order chi connectivity index (χ0) is 32.8. The molecule has 46 heavy (non-hydrogen) atoms. The molecule has 1 aliphatic carbocycles. The Kier molecular flexibility index (Phi) is 11.7. The Balaban J connectivity index is 0.940. The molecule has 1 aromatic carbocycles. The summed E-state index contributed by atoms with van der Waals surface area (Å²) >= 11 is 5.91. The Morgan fingerprint density at radius 2 is 1.80 bits per heavy atom. The average molecular weight is 666 g/mol. The minimum atomic E-state index is -1.67. The zero-order valence-corrected chi connectivity index (χ0v) is 26.6. The monoisotopic (exact) mass is 665 g/mol. The number of halogens is 2. The Hall–Kier alpha value is -2.65. The molecule has 14 heteroatoms. The summed E-state index contributed by atoms with van der Waals surface area (Å²) in [5, 5.41) is 51.3. The van der Waals surface area contributed by atoms with Gasteiger partial charge in [-0.25, -0.2) is 14.4 Å². The second-order valence-electron chi connectivity index (χ2n) is 13.0. The molecule has 12 nitrogen and oxygen atoms in total. The summed E-state index contributed by atoms with van der Waals surface area (Å²) in [6.45, 7) is 3.06. The summed E-state index contributed by atoms with van der Waals surface area (Å²) < 4.78 is 20.6. The SMILES string of the molecule is O=C(Cc1ccc(OCCCC2CC23CCN(c2ncc(Cl)cn2)CC3)cc1F)N1CC(CNCC(O)C(O)C(O)C(O)CO)C1. The number of amides is 1. The lowest BCUT2D eigenvalue weighted by Crippen LogP contribution is -2.55. The molecule has 0 radical (unpaired) electrons. The molecule has 1 aromatic heterocycles. The van der Waals surface area contributed by atoms with Crippen molar-refractivity contribution in [1.29, 1.82) is 0 Å². The number of aliphatic hydroxyl groups is 5. The smallest absolute Gasteiger partial charge is 0.227 e. The van der Waals surface area contributed by atoms with E-state index in [1.807, 2.05) is 0 Å². The summed E-state index contributed by atoms with van der Waals surface area (Å²) in [5.41, 5.74) is 0.730. The first-order valence-electron chi connectivity index (χ1n) is 16.0. The van der Waals surface area contributed by atoms with Crippen LogP contribution < -0.4 is 15.0 Å². The average Bonchev–Trinajstić information content (AvgIpc) is 3.71. The van der Waals surface area contributed by atoms with Crippen molar-refractivity contribution in [3.63, 3.8) is 0 Å². The number of ether oxygens (including phenoxy) is 1. The fourth-order valence-electron chi connectivity index (χ4n) is 6.65. The number of piperidine rings is 1. The van der Waals surface area contributed by atoms with Crippen LogP contribution in [-0.2, 0) is 11.2 Å². The van der Waals surface area contributed by atoms with Gasteiger partial charge in [0.15, 0.2) is 0 Å². The number of aliphatic hydroxyl groups excluding tert-OH is 5. The molecule has 3 heterocycles. The van der Waals surface area contributed by atoms with Crippen molar-refractivity contribution in [2.75, 3.05) is 57.4 Å². The molecule has 2 aromatic rings. The highest BCUT2D eigenvalue weighted by Crippen LogP contribution is 2.61. The summed E-state index contributed by atoms with van der Waals surface area (Å²) in [6, 6.07) is 4.65. The van der Waals surface area contributed by atoms with Gasteiger partial charge in [0, 0.05) is 51.3 Å². The fourth-order valence-corrected chi connectivity index (χ4v) is 6.75. The summed E-state index contributed by atoms with van der Waals surface area (Å²) in [6.07, 6.45) is 2.51. The van der Waals surface area contributed by atoms with Crippen molar-refractivity contribution in [3.05, 3.63) is 47.0 Å². The maximum absolute atomic E-state index is 14.8. The number of rotatable bonds is 16. The number of nitrogens with one attached hydrogen (secondary N) is 1. The van der Waals surface area contributed by atoms with Gasteiger partial charge in [0.25, 0.3) is 0 Å². The third-order valence-corrected chi connectivity index (χ3v) is 9.96. The summed E-state index contributed by atoms with van der Waals surface area (Å²) in [5.74, 6) is 1.37. The third-order valence-electron chi connectivity index (χ3n) is 9.76. The standard InChI is InChI=1S/C32H45ClFN5O7/c33-23-14-36-31(37-15-23)38-7-5-32(6-8-38)12-22(32)2-1-9-46-24-4-3-21(25(34)11-24)10-28(43)39-17-20(18-39)13-35-16-26(41)29(44)30(45)27(42)19-40/h3-4,11,14-15,20,22,26-27,29-30,35,40-42,44-45H,1-2,5-10,12-13,16-19H2. The lowest BCUT2D eigenvalue weighted by molar-refractivity contribution is -0.136. The molecule has 3 aliphatic rings. The van der Waals surface area contributed by atoms with Crippen molar-refractivity contribution in [2.45, 2.75) is 62.9 Å². The van der Waals surface area contributed by atoms with E-state index >= 15 is 0 Å². The van der Waals surface area contributed by atoms with Crippen LogP contribution in [0.2, 0.25) is 5.02 Å². The third kappa shape index (κ3) is 8.62. The van der Waals surface area contributed by atoms with Gasteiger partial charge in [-0.05, 0) is 55.1 Å². The number of nitrogens with zero attached hydrogens (tertiary/aromatic N) is 4. The van der Waals surface area contributed by atoms with Gasteiger partial charge in [-0.15, -0.1) is 0 Å². The molecular formula is C32H45ClFN5O7. The van der Waals surface area contributed by atoms with E-state index in [2.05, 4.69) is 20.2 Å². The van der Waals surface area contributed by atoms with E-state index in [1.54, 1.807) is 29.4 Å². The van der Waals surface area contributed by atoms with E-state index in [4.69, 9.17) is 21.4 Å². The molecule has 1 amide bonds. The number of benzene rings is 1. The molecule has 6 N–H and O–H groups in total. The van der Waals surface area contributed by atoms with Crippen molar-refractivity contribution in [2.24, 2.45) is 17.3 Å². The zero-order valence-electron chi connectivity index (χ0n) is 25.8. The van der Waals surface area contributed by atoms with E-state index in [1.165, 1.54) is 12.5 Å². The Morgan fingerprint density at radius 3 is 2.48 bits per heavy atom. The highest BCUT2D eigenvalue weighted by molar-refractivity contribution is 6.30. The molecule has 5 rings (SSSR count). The molecule has 2 saturated heterocycles. The van der Waals surface area contributed by atoms with Gasteiger partial charge in [-0.3, -0.25) is 4.79 Å². The highest BCUT2D eigenvalue weighted by Gasteiger charge is 2.54. The first-order valence-corrected chi connectivity index (χ1v) is 16.4. The molecule has 1 spiro atoms. The molecular weight excluding hydrogens is 621 g/mol. The van der Waals surface area contributed by atoms with Crippen LogP contribution >= 0.6 is 11.6 Å². The molecule has 0 bridgehead atoms. The molecule has 5 unspecified atom stereocenters. The van der Waals surface area contributed by atoms with Gasteiger partial charge in [-0.1, -0.05) is 17.7 Å². The van der Waals surface area contributed by atoms with E-state index in [9.17, 15) is 29.6 Å². The minimum Gasteiger partial charge on any atom is -0.493 e. The lowest BCUT2D eigenvalue weighted by Gasteiger charge is -2.39. The van der Waals surface area contributed by atoms with Crippen LogP contribution in [0.15, 0.2) is 30.6 Å². The van der Waals surface area contributed by atoms with Crippen LogP contribution in [0.1, 0.15) is 37.7 Å². The predicted octanol–water partition coefficient (Wildman–Crippen LogP) is 0.761. The Morgan fingerprint density at radius 1 is 1.11 bits per heavy atom. The van der Waals surface area contributed by atoms with Crippen LogP contribution in [-0.4, -0.2) is 123 Å². The number of aromatic nitrogens is 2. The first-order chi connectivity index (χ1) is 22.1. The van der Waals surface area contributed by atoms with Crippen molar-refractivity contribution >= 4 is 23.5 Å². The number of likely N-dealkylation sites (tertiary alicyclic amines) is 1. The van der Waals surface area contributed by atoms with Crippen LogP contribution in [0.5, 0.6) is 5.75 Å². The number of anilines is 1. The fraction of sp³-hybridized carbons (Fsp3) is 0.656. The quantitative estimate of drug-likeness (QED) is 0.140. The largest absolute Gasteiger partial charge is 0.493 e. The van der Waals surface area contributed by atoms with Crippen LogP contribution in [0, 0.1) is 23.1 Å². The van der Waals surface area contributed by atoms with Crippen molar-refractivity contribution < 1.29 is 39.5 Å². The van der Waals surface area contributed by atoms with Crippen molar-refractivity contribution in [1.82, 2.24) is 20.2 Å². The molecule has 2 aliphatic heterocycles. The lowest BCUT2D eigenvalue weighted by atomic mass is 9.90. The second-order valence-corrected chi connectivity index (χ2v) is 13.4. The minimum absolute atomic E-state index is 0.0390. The van der Waals surface area contributed by atoms with Gasteiger partial charge in [-0.2, -0.15) is 0 Å². The van der Waals surface area contributed by atoms with Crippen molar-refractivity contribution in [3.8, 4) is 5.75 Å². The maximum atomic E-state index is 14.8. The van der Waals surface area contributed by atoms with E-state index in [0.29, 0.717) is 53.9 Å². The van der Waals surface area contributed by atoms with Gasteiger partial charge < -0.3 is 45.4 Å². The number of hydrogen-bond acceptors (Lipinski definition) is 11. The predicted molar refractivity (Wildman–Crippen MR) is 168 cm³/mol. The molecule has 254 valence electrons. The number of hydrogen-bond donors (Lipinski definition) is 6. The van der Waals surface area contributed by atoms with E-state index in [-0.39, 0.29) is 24.8 Å². The van der Waals surface area contributed by atoms with Crippen LogP contribution in [0.3, 0.4) is 0 Å². The molecule has 3 fully saturated rings. The molecule has 1 saturated carbocycles. The van der Waals surface area contributed by atoms with Gasteiger partial charge in [0.1, 0.15) is 29.9 Å². The summed E-state index contributed by atoms with van der Waals surface area (Å²) in [7, 11) is 0. The van der Waals surface area contributed by atoms with Gasteiger partial charge in [0.05, 0.1) is 43.2 Å². The first kappa shape index (κ1) is 34.7. The normalized spacial score (nSPS) is 21.8. The summed E-state index contributed by atoms with van der Waals surface area (Å²) in [4.78, 5) is 25.2. The number of carbonyl (C=O) groups excluding carboxylic acids is 1. The highest BCUT2D eigenvalue weighted by atomic mass is 35.5. The van der Waals surface area contributed by atoms with Crippen LogP contribution in [0.4, 0.5) is 10.3 Å². The number of carbonyl (C=O) groups is 1. The molecule has 5 atom stereocenters. The Labute approximate surface area is 273 Å². The Bertz CT molecular complexity index is 1300. The van der Waals surface area contributed by atoms with Crippen LogP contribution in [0.25, 0.3) is 0 Å². The van der Waals surface area contributed by atoms with E-state index < -0.39 is 36.8 Å². The van der Waals surface area contributed by atoms with Gasteiger partial charge in [0.2, 0.25) is 11.9 Å². The topological polar surface area (TPSA) is 172 Å². The second kappa shape index (κ2) is 15.5. The van der Waals surface area contributed by atoms with E-state index in [0.717, 1.165) is 44.7 Å². The van der Waals surface area contributed by atoms with Gasteiger partial charge >= 0.3 is 0 Å². The maximum Gasteiger partial charge on any atom is 0.227 e.